The molecule has 0 fully saturated rings. The number of nitrogens with one attached hydrogen (secondary N) is 4. The van der Waals surface area contributed by atoms with Crippen molar-refractivity contribution in [1.29, 1.82) is 0 Å². The van der Waals surface area contributed by atoms with Gasteiger partial charge in [-0.1, -0.05) is 0 Å². The van der Waals surface area contributed by atoms with Crippen molar-refractivity contribution in [3.05, 3.63) is 150 Å². The number of allylic oxidation sites excluding steroid dienone is 1. The van der Waals surface area contributed by atoms with Crippen molar-refractivity contribution < 1.29 is 75.4 Å². The topological polar surface area (TPSA) is 144 Å². The van der Waals surface area contributed by atoms with E-state index >= 15 is 39.5 Å². The summed E-state index contributed by atoms with van der Waals surface area (Å²) < 4.78 is 239. The summed E-state index contributed by atoms with van der Waals surface area (Å²) in [5, 5.41) is -0.137. The molecule has 1 aliphatic carbocycles. The highest BCUT2D eigenvalue weighted by molar-refractivity contribution is 6.27. The molecular formula is C41H14F15N9O2. The van der Waals surface area contributed by atoms with Crippen LogP contribution in [0.1, 0.15) is 45.1 Å². The van der Waals surface area contributed by atoms with Gasteiger partial charge in [-0.2, -0.15) is 0 Å². The van der Waals surface area contributed by atoms with Crippen LogP contribution >= 0.6 is 0 Å². The average Bonchev–Trinajstić information content (AvgIpc) is 4.05. The molecule has 0 saturated carbocycles. The molecule has 1 atom stereocenters. The van der Waals surface area contributed by atoms with Crippen LogP contribution in [0.5, 0.6) is 0 Å². The van der Waals surface area contributed by atoms with E-state index in [1.807, 2.05) is 5.32 Å². The lowest BCUT2D eigenvalue weighted by Gasteiger charge is -2.29. The van der Waals surface area contributed by atoms with Crippen LogP contribution in [0.4, 0.5) is 89.0 Å². The zero-order chi connectivity index (χ0) is 47.9. The van der Waals surface area contributed by atoms with Crippen molar-refractivity contribution in [3.8, 4) is 0 Å². The normalized spacial score (nSPS) is 17.0. The Morgan fingerprint density at radius 3 is 1.81 bits per heavy atom. The van der Waals surface area contributed by atoms with Crippen molar-refractivity contribution in [3.63, 3.8) is 0 Å². The van der Waals surface area contributed by atoms with E-state index < -0.39 is 189 Å². The average molecular weight is 950 g/mol. The van der Waals surface area contributed by atoms with Crippen LogP contribution in [0.15, 0.2) is 66.9 Å². The van der Waals surface area contributed by atoms with E-state index in [9.17, 15) is 31.1 Å². The number of H-pyrrole nitrogens is 2. The van der Waals surface area contributed by atoms with Crippen LogP contribution in [0, 0.1) is 64.0 Å². The molecule has 26 heteroatoms. The van der Waals surface area contributed by atoms with E-state index in [-0.39, 0.29) is 18.2 Å². The fourth-order valence-electron chi connectivity index (χ4n) is 7.65. The zero-order valence-corrected chi connectivity index (χ0v) is 32.3. The van der Waals surface area contributed by atoms with Gasteiger partial charge < -0.3 is 25.3 Å². The minimum atomic E-state index is -4.17. The number of hydrogen-bond donors (Lipinski definition) is 4. The molecule has 10 rings (SSSR count). The first-order chi connectivity index (χ1) is 31.8. The van der Waals surface area contributed by atoms with Crippen molar-refractivity contribution in [2.45, 2.75) is 12.7 Å². The first kappa shape index (κ1) is 42.7. The third-order valence-corrected chi connectivity index (χ3v) is 10.6. The monoisotopic (exact) mass is 949 g/mol. The number of nitrogens with zero attached hydrogens (tertiary/aromatic N) is 5. The first-order valence-corrected chi connectivity index (χ1v) is 18.6. The van der Waals surface area contributed by atoms with Gasteiger partial charge in [0.25, 0.3) is 5.79 Å². The van der Waals surface area contributed by atoms with Crippen molar-refractivity contribution in [1.82, 2.24) is 9.97 Å². The maximum atomic E-state index is 17.8. The molecule has 340 valence electrons. The molecule has 11 nitrogen and oxygen atoms in total. The number of benzene rings is 4. The van der Waals surface area contributed by atoms with Gasteiger partial charge in [-0.25, -0.2) is 95.6 Å². The van der Waals surface area contributed by atoms with Crippen LogP contribution in [-0.2, 0) is 10.5 Å². The third kappa shape index (κ3) is 5.96. The SMILES string of the molecule is CCOC(=O)c1ccc(NC2(F)C(F)=C(F)C(F)=c3c2c2[nH]c3=NC3=NC(=Nc4[nH]c(c5c(F)c(F)c(F)c(F)c45)N=C4N=C(N2)c2c(F)c(F)c(F)c(F)c24)c2c3cc(F)c(F)c2F)cc1. The number of aliphatic imine (C=N–C) groups is 4. The molecule has 1 unspecified atom stereocenters. The van der Waals surface area contributed by atoms with E-state index in [0.717, 1.165) is 24.3 Å². The number of aromatic nitrogens is 2. The standard InChI is InChI=1S/C41H14F15N9O2/c1-2-67-40(66)8-3-5-9(6-4-8)65-41(56)18-17(25(49)30(54)31(41)55)38-58-32-10-7-11(42)19(43)20(44)12(10)33(57-32)59-34-13-14(22(46)27(51)26(50)21(13)45)35(60-34)61-36-15-16(37(62-36)63-39(18)64-38)24(48)29(53)28(52)23(15)47/h3-7,60,65H,2H2,1H3,(H,61,62,63)(H,57,58,59,64). The number of halogens is 15. The van der Waals surface area contributed by atoms with Gasteiger partial charge in [-0.15, -0.1) is 0 Å². The number of anilines is 2. The summed E-state index contributed by atoms with van der Waals surface area (Å²) in [7, 11) is 0. The fourth-order valence-corrected chi connectivity index (χ4v) is 7.65. The van der Waals surface area contributed by atoms with Gasteiger partial charge in [0.05, 0.1) is 50.4 Å². The molecule has 8 bridgehead atoms. The molecule has 4 aromatic carbocycles. The quantitative estimate of drug-likeness (QED) is 0.0460. The Morgan fingerprint density at radius 1 is 0.627 bits per heavy atom. The number of alkyl halides is 1. The Hall–Kier alpha value is -8.19. The number of carbonyl (C=O) groups is 1. The highest BCUT2D eigenvalue weighted by Crippen LogP contribution is 2.46. The summed E-state index contributed by atoms with van der Waals surface area (Å²) in [6.07, 6.45) is 0. The molecule has 0 radical (unpaired) electrons. The molecule has 0 spiro atoms. The summed E-state index contributed by atoms with van der Waals surface area (Å²) in [4.78, 5) is 35.5. The van der Waals surface area contributed by atoms with Gasteiger partial charge >= 0.3 is 5.97 Å². The fraction of sp³-hybridized carbons (Fsp3) is 0.0732. The third-order valence-electron chi connectivity index (χ3n) is 10.6. The molecule has 3 aliphatic heterocycles. The van der Waals surface area contributed by atoms with E-state index in [2.05, 4.69) is 40.2 Å². The summed E-state index contributed by atoms with van der Waals surface area (Å²) in [6.45, 7) is 1.41. The summed E-state index contributed by atoms with van der Waals surface area (Å²) in [5.74, 6) is -46.3. The van der Waals surface area contributed by atoms with Crippen LogP contribution in [0.3, 0.4) is 0 Å². The molecule has 6 aromatic rings. The number of hydrogen-bond acceptors (Lipinski definition) is 9. The van der Waals surface area contributed by atoms with Crippen LogP contribution in [0.25, 0.3) is 16.6 Å². The van der Waals surface area contributed by atoms with Gasteiger partial charge in [0, 0.05) is 11.3 Å². The predicted molar refractivity (Wildman–Crippen MR) is 204 cm³/mol. The highest BCUT2D eigenvalue weighted by atomic mass is 19.2. The summed E-state index contributed by atoms with van der Waals surface area (Å²) >= 11 is 0. The van der Waals surface area contributed by atoms with Gasteiger partial charge in [0.2, 0.25) is 5.83 Å². The smallest absolute Gasteiger partial charge is 0.338 e. The Balaban J connectivity index is 1.33. The molecule has 5 heterocycles. The molecule has 2 aromatic heterocycles. The minimum absolute atomic E-state index is 0.0686. The Morgan fingerprint density at radius 2 is 1.19 bits per heavy atom. The van der Waals surface area contributed by atoms with E-state index in [4.69, 9.17) is 4.74 Å². The molecule has 67 heavy (non-hydrogen) atoms. The van der Waals surface area contributed by atoms with Gasteiger partial charge in [0.15, 0.2) is 93.2 Å². The maximum absolute atomic E-state index is 17.8. The summed E-state index contributed by atoms with van der Waals surface area (Å²) in [6, 6.07) is 4.21. The van der Waals surface area contributed by atoms with Gasteiger partial charge in [-0.3, -0.25) is 0 Å². The zero-order valence-electron chi connectivity index (χ0n) is 32.3. The van der Waals surface area contributed by atoms with E-state index in [1.54, 1.807) is 0 Å². The number of esters is 1. The lowest BCUT2D eigenvalue weighted by molar-refractivity contribution is 0.0526. The van der Waals surface area contributed by atoms with Crippen LogP contribution in [0.2, 0.25) is 0 Å². The van der Waals surface area contributed by atoms with E-state index in [1.165, 1.54) is 6.92 Å². The number of fused-ring (bicyclic) bond motifs is 18. The van der Waals surface area contributed by atoms with Gasteiger partial charge in [-0.05, 0) is 37.3 Å². The number of amidine groups is 4. The second-order valence-electron chi connectivity index (χ2n) is 14.4. The van der Waals surface area contributed by atoms with Gasteiger partial charge in [0.1, 0.15) is 28.8 Å². The van der Waals surface area contributed by atoms with Crippen LogP contribution < -0.4 is 21.3 Å². The van der Waals surface area contributed by atoms with Crippen molar-refractivity contribution in [2.24, 2.45) is 25.0 Å². The lowest BCUT2D eigenvalue weighted by Crippen LogP contribution is -2.43. The maximum Gasteiger partial charge on any atom is 0.338 e. The minimum Gasteiger partial charge on any atom is -0.462 e. The van der Waals surface area contributed by atoms with Crippen LogP contribution in [-0.4, -0.2) is 45.9 Å². The highest BCUT2D eigenvalue weighted by Gasteiger charge is 2.50. The number of aromatic amines is 2. The van der Waals surface area contributed by atoms with Crippen molar-refractivity contribution >= 4 is 69.1 Å². The molecule has 4 aliphatic rings. The molecular weight excluding hydrogens is 935 g/mol. The lowest BCUT2D eigenvalue weighted by atomic mass is 9.96. The predicted octanol–water partition coefficient (Wildman–Crippen LogP) is 9.10. The Kier molecular flexibility index (Phi) is 9.35. The Labute approximate surface area is 359 Å². The summed E-state index contributed by atoms with van der Waals surface area (Å²) in [5.41, 5.74) is -8.22. The number of rotatable bonds is 4. The first-order valence-electron chi connectivity index (χ1n) is 18.6. The number of carbonyl (C=O) groups excluding carboxylic acids is 1. The Bertz CT molecular complexity index is 3630. The second kappa shape index (κ2) is 14.7. The largest absolute Gasteiger partial charge is 0.462 e. The number of ether oxygens (including phenoxy) is 1. The van der Waals surface area contributed by atoms with E-state index in [0.29, 0.717) is 0 Å². The van der Waals surface area contributed by atoms with Crippen molar-refractivity contribution in [2.75, 3.05) is 17.2 Å². The second-order valence-corrected chi connectivity index (χ2v) is 14.4. The molecule has 0 saturated heterocycles. The molecule has 0 amide bonds. The molecule has 4 N–H and O–H groups in total.